The van der Waals surface area contributed by atoms with Crippen LogP contribution in [0.4, 0.5) is 0 Å². The average Bonchev–Trinajstić information content (AvgIpc) is 2.66. The van der Waals surface area contributed by atoms with E-state index in [1.165, 1.54) is 17.7 Å². The largest absolute Gasteiger partial charge is 0.507 e. The third-order valence-electron chi connectivity index (χ3n) is 5.84. The lowest BCUT2D eigenvalue weighted by atomic mass is 9.96. The van der Waals surface area contributed by atoms with Gasteiger partial charge in [0.15, 0.2) is 5.58 Å². The van der Waals surface area contributed by atoms with Crippen molar-refractivity contribution in [2.45, 2.75) is 33.2 Å². The van der Waals surface area contributed by atoms with Gasteiger partial charge in [-0.15, -0.1) is 0 Å². The van der Waals surface area contributed by atoms with Gasteiger partial charge in [-0.3, -0.25) is 0 Å². The Balaban J connectivity index is 1.83. The van der Waals surface area contributed by atoms with Crippen LogP contribution in [0.5, 0.6) is 5.75 Å². The van der Waals surface area contributed by atoms with Crippen LogP contribution in [0.25, 0.3) is 22.1 Å². The van der Waals surface area contributed by atoms with Crippen molar-refractivity contribution in [1.82, 2.24) is 0 Å². The quantitative estimate of drug-likeness (QED) is 0.657. The molecule has 1 saturated heterocycles. The first-order valence-electron chi connectivity index (χ1n) is 9.82. The van der Waals surface area contributed by atoms with Crippen molar-refractivity contribution in [3.05, 3.63) is 63.0 Å². The maximum atomic E-state index is 12.9. The van der Waals surface area contributed by atoms with Crippen LogP contribution in [0.3, 0.4) is 0 Å². The molecule has 0 amide bonds. The van der Waals surface area contributed by atoms with Gasteiger partial charge in [0.1, 0.15) is 12.3 Å². The third kappa shape index (κ3) is 3.54. The summed E-state index contributed by atoms with van der Waals surface area (Å²) in [6.45, 7) is 7.01. The second kappa shape index (κ2) is 7.61. The van der Waals surface area contributed by atoms with Crippen LogP contribution in [0.2, 0.25) is 5.02 Å². The van der Waals surface area contributed by atoms with Gasteiger partial charge in [-0.25, -0.2) is 4.79 Å². The lowest BCUT2D eigenvalue weighted by Gasteiger charge is -2.28. The molecule has 1 unspecified atom stereocenters. The summed E-state index contributed by atoms with van der Waals surface area (Å²) in [6, 6.07) is 10.7. The minimum Gasteiger partial charge on any atom is -0.507 e. The topological polar surface area (TPSA) is 54.9 Å². The van der Waals surface area contributed by atoms with Crippen LogP contribution in [0.15, 0.2) is 45.6 Å². The molecule has 0 bridgehead atoms. The van der Waals surface area contributed by atoms with E-state index in [4.69, 9.17) is 16.0 Å². The summed E-state index contributed by atoms with van der Waals surface area (Å²) in [5.74, 6) is 0.867. The monoisotopic (exact) mass is 398 g/mol. The molecule has 0 spiro atoms. The lowest BCUT2D eigenvalue weighted by Crippen LogP contribution is -3.12. The predicted molar refractivity (Wildman–Crippen MR) is 112 cm³/mol. The van der Waals surface area contributed by atoms with Gasteiger partial charge in [-0.05, 0) is 55.2 Å². The van der Waals surface area contributed by atoms with Crippen molar-refractivity contribution < 1.29 is 14.4 Å². The van der Waals surface area contributed by atoms with Crippen LogP contribution >= 0.6 is 11.6 Å². The molecule has 28 heavy (non-hydrogen) atoms. The number of hydrogen-bond donors (Lipinski definition) is 2. The van der Waals surface area contributed by atoms with E-state index in [-0.39, 0.29) is 11.4 Å². The number of piperidine rings is 1. The van der Waals surface area contributed by atoms with E-state index in [2.05, 4.69) is 6.92 Å². The normalized spacial score (nSPS) is 19.8. The summed E-state index contributed by atoms with van der Waals surface area (Å²) in [5, 5.41) is 12.0. The Labute approximate surface area is 169 Å². The Hall–Kier alpha value is -2.30. The fraction of sp³-hybridized carbons (Fsp3) is 0.348. The van der Waals surface area contributed by atoms with E-state index in [0.29, 0.717) is 28.6 Å². The van der Waals surface area contributed by atoms with Crippen molar-refractivity contribution in [2.75, 3.05) is 13.1 Å². The number of nitrogens with one attached hydrogen (secondary N) is 1. The highest BCUT2D eigenvalue weighted by Crippen LogP contribution is 2.32. The van der Waals surface area contributed by atoms with E-state index in [9.17, 15) is 9.90 Å². The van der Waals surface area contributed by atoms with Crippen LogP contribution in [0, 0.1) is 12.8 Å². The molecule has 2 aromatic carbocycles. The second-order valence-corrected chi connectivity index (χ2v) is 8.40. The highest BCUT2D eigenvalue weighted by atomic mass is 35.5. The van der Waals surface area contributed by atoms with E-state index in [0.717, 1.165) is 35.2 Å². The number of likely N-dealkylation sites (tertiary alicyclic amines) is 1. The van der Waals surface area contributed by atoms with Gasteiger partial charge in [0.2, 0.25) is 0 Å². The van der Waals surface area contributed by atoms with E-state index < -0.39 is 0 Å². The highest BCUT2D eigenvalue weighted by Gasteiger charge is 2.24. The standard InChI is InChI=1S/C23H24ClNO3/c1-14-4-3-11-25(12-14)13-19-20(26)10-9-18-15(2)21(23(27)28-22(18)19)16-5-7-17(24)8-6-16/h5-10,14,26H,3-4,11-13H2,1-2H3/p+1/t14-/m1/s1. The zero-order valence-electron chi connectivity index (χ0n) is 16.2. The maximum Gasteiger partial charge on any atom is 0.344 e. The Morgan fingerprint density at radius 3 is 2.68 bits per heavy atom. The molecule has 2 atom stereocenters. The first-order valence-corrected chi connectivity index (χ1v) is 10.2. The van der Waals surface area contributed by atoms with Crippen molar-refractivity contribution >= 4 is 22.6 Å². The Kier molecular flexibility index (Phi) is 5.17. The van der Waals surface area contributed by atoms with Crippen molar-refractivity contribution in [1.29, 1.82) is 0 Å². The molecular weight excluding hydrogens is 374 g/mol. The lowest BCUT2D eigenvalue weighted by molar-refractivity contribution is -0.922. The fourth-order valence-corrected chi connectivity index (χ4v) is 4.52. The fourth-order valence-electron chi connectivity index (χ4n) is 4.39. The summed E-state index contributed by atoms with van der Waals surface area (Å²) in [4.78, 5) is 14.3. The summed E-state index contributed by atoms with van der Waals surface area (Å²) < 4.78 is 5.78. The van der Waals surface area contributed by atoms with Crippen LogP contribution in [0.1, 0.15) is 30.9 Å². The smallest absolute Gasteiger partial charge is 0.344 e. The number of hydrogen-bond acceptors (Lipinski definition) is 3. The molecule has 1 fully saturated rings. The zero-order chi connectivity index (χ0) is 19.8. The van der Waals surface area contributed by atoms with Crippen molar-refractivity contribution in [3.63, 3.8) is 0 Å². The number of quaternary nitrogens is 1. The van der Waals surface area contributed by atoms with Gasteiger partial charge < -0.3 is 14.4 Å². The number of phenolic OH excluding ortho intramolecular Hbond substituents is 1. The zero-order valence-corrected chi connectivity index (χ0v) is 17.0. The van der Waals surface area contributed by atoms with Crippen LogP contribution in [-0.4, -0.2) is 18.2 Å². The van der Waals surface area contributed by atoms with Crippen molar-refractivity contribution in [3.8, 4) is 16.9 Å². The highest BCUT2D eigenvalue weighted by molar-refractivity contribution is 6.30. The minimum atomic E-state index is -0.388. The summed E-state index contributed by atoms with van der Waals surface area (Å²) >= 11 is 5.98. The van der Waals surface area contributed by atoms with Gasteiger partial charge >= 0.3 is 5.63 Å². The maximum absolute atomic E-state index is 12.9. The predicted octanol–water partition coefficient (Wildman–Crippen LogP) is 3.94. The summed E-state index contributed by atoms with van der Waals surface area (Å²) in [6.07, 6.45) is 2.44. The second-order valence-electron chi connectivity index (χ2n) is 7.96. The van der Waals surface area contributed by atoms with E-state index in [1.807, 2.05) is 25.1 Å². The Morgan fingerprint density at radius 1 is 1.21 bits per heavy atom. The summed E-state index contributed by atoms with van der Waals surface area (Å²) in [5.41, 5.74) is 3.02. The van der Waals surface area contributed by atoms with Gasteiger partial charge in [0.05, 0.1) is 24.2 Å². The molecule has 2 heterocycles. The first-order chi connectivity index (χ1) is 13.4. The molecule has 3 aromatic rings. The number of aryl methyl sites for hydroxylation is 1. The number of aromatic hydroxyl groups is 1. The average molecular weight is 399 g/mol. The van der Waals surface area contributed by atoms with Crippen LogP contribution in [-0.2, 0) is 6.54 Å². The Morgan fingerprint density at radius 2 is 1.96 bits per heavy atom. The molecular formula is C23H25ClNO3+. The molecule has 1 aromatic heterocycles. The van der Waals surface area contributed by atoms with Gasteiger partial charge in [0.25, 0.3) is 0 Å². The molecule has 1 aliphatic heterocycles. The molecule has 5 heteroatoms. The van der Waals surface area contributed by atoms with Crippen LogP contribution < -0.4 is 10.5 Å². The molecule has 0 radical (unpaired) electrons. The third-order valence-corrected chi connectivity index (χ3v) is 6.09. The van der Waals surface area contributed by atoms with Crippen molar-refractivity contribution in [2.24, 2.45) is 5.92 Å². The van der Waals surface area contributed by atoms with E-state index >= 15 is 0 Å². The number of fused-ring (bicyclic) bond motifs is 1. The van der Waals surface area contributed by atoms with Gasteiger partial charge in [-0.1, -0.05) is 30.7 Å². The van der Waals surface area contributed by atoms with Gasteiger partial charge in [-0.2, -0.15) is 0 Å². The summed E-state index contributed by atoms with van der Waals surface area (Å²) in [7, 11) is 0. The van der Waals surface area contributed by atoms with E-state index in [1.54, 1.807) is 18.2 Å². The molecule has 0 saturated carbocycles. The molecule has 4 nitrogen and oxygen atoms in total. The first kappa shape index (κ1) is 19.0. The Bertz CT molecular complexity index is 1070. The molecule has 146 valence electrons. The molecule has 0 aliphatic carbocycles. The number of benzene rings is 2. The molecule has 1 aliphatic rings. The number of halogens is 1. The minimum absolute atomic E-state index is 0.194. The number of rotatable bonds is 3. The molecule has 2 N–H and O–H groups in total. The number of phenols is 1. The van der Waals surface area contributed by atoms with Gasteiger partial charge in [0, 0.05) is 16.3 Å². The SMILES string of the molecule is Cc1c(-c2ccc(Cl)cc2)c(=O)oc2c(C[NH+]3CCC[C@@H](C)C3)c(O)ccc12. The molecule has 4 rings (SSSR count).